The lowest BCUT2D eigenvalue weighted by molar-refractivity contribution is -0.136. The molecule has 7 heteroatoms. The first-order valence-corrected chi connectivity index (χ1v) is 9.07. The fourth-order valence-corrected chi connectivity index (χ4v) is 3.54. The summed E-state index contributed by atoms with van der Waals surface area (Å²) in [6, 6.07) is 7.81. The van der Waals surface area contributed by atoms with E-state index in [1.165, 1.54) is 11.3 Å². The van der Waals surface area contributed by atoms with Crippen LogP contribution in [0.2, 0.25) is 0 Å². The smallest absolute Gasteiger partial charge is 0.309 e. The molecule has 0 amide bonds. The third-order valence-electron chi connectivity index (χ3n) is 3.88. The van der Waals surface area contributed by atoms with Crippen LogP contribution in [0.1, 0.15) is 26.5 Å². The Morgan fingerprint density at radius 2 is 1.96 bits per heavy atom. The highest BCUT2D eigenvalue weighted by atomic mass is 32.1. The van der Waals surface area contributed by atoms with Gasteiger partial charge in [-0.3, -0.25) is 9.48 Å². The van der Waals surface area contributed by atoms with Gasteiger partial charge in [0.2, 0.25) is 0 Å². The Balaban J connectivity index is 2.12. The summed E-state index contributed by atoms with van der Waals surface area (Å²) in [5.74, 6) is -0.0993. The summed E-state index contributed by atoms with van der Waals surface area (Å²) in [6.07, 6.45) is 1.72. The first-order valence-electron chi connectivity index (χ1n) is 8.19. The molecule has 0 fully saturated rings. The van der Waals surface area contributed by atoms with E-state index in [4.69, 9.17) is 9.84 Å². The second kappa shape index (κ2) is 6.92. The van der Waals surface area contributed by atoms with E-state index in [0.717, 1.165) is 27.6 Å². The quantitative estimate of drug-likeness (QED) is 0.732. The first-order chi connectivity index (χ1) is 12.3. The maximum Gasteiger partial charge on any atom is 0.309 e. The second-order valence-corrected chi connectivity index (χ2v) is 7.79. The molecule has 0 unspecified atom stereocenters. The van der Waals surface area contributed by atoms with E-state index in [1.807, 2.05) is 28.9 Å². The van der Waals surface area contributed by atoms with Crippen molar-refractivity contribution in [3.8, 4) is 27.6 Å². The normalized spacial score (nSPS) is 11.5. The predicted molar refractivity (Wildman–Crippen MR) is 102 cm³/mol. The lowest BCUT2D eigenvalue weighted by atomic mass is 10.0. The molecule has 0 radical (unpaired) electrons. The van der Waals surface area contributed by atoms with E-state index in [1.54, 1.807) is 18.7 Å². The molecule has 0 aliphatic heterocycles. The van der Waals surface area contributed by atoms with Crippen LogP contribution in [0.4, 0.5) is 0 Å². The molecule has 0 spiro atoms. The fraction of sp³-hybridized carbons (Fsp3) is 0.316. The largest absolute Gasteiger partial charge is 0.497 e. The van der Waals surface area contributed by atoms with Crippen LogP contribution in [-0.4, -0.2) is 33.0 Å². The van der Waals surface area contributed by atoms with Crippen LogP contribution in [0, 0.1) is 0 Å². The predicted octanol–water partition coefficient (Wildman–Crippen LogP) is 4.06. The van der Waals surface area contributed by atoms with E-state index in [2.05, 4.69) is 30.9 Å². The molecule has 0 bridgehead atoms. The van der Waals surface area contributed by atoms with Gasteiger partial charge in [0, 0.05) is 10.9 Å². The molecule has 6 nitrogen and oxygen atoms in total. The van der Waals surface area contributed by atoms with Crippen molar-refractivity contribution in [2.75, 3.05) is 7.11 Å². The van der Waals surface area contributed by atoms with E-state index in [0.29, 0.717) is 5.69 Å². The molecule has 0 aliphatic rings. The van der Waals surface area contributed by atoms with Gasteiger partial charge < -0.3 is 9.84 Å². The van der Waals surface area contributed by atoms with Crippen LogP contribution in [0.15, 0.2) is 35.8 Å². The monoisotopic (exact) mass is 371 g/mol. The molecule has 0 saturated carbocycles. The van der Waals surface area contributed by atoms with E-state index < -0.39 is 5.97 Å². The number of thiazole rings is 1. The van der Waals surface area contributed by atoms with Gasteiger partial charge in [-0.2, -0.15) is 5.10 Å². The SMILES string of the molecule is COc1ccc(-c2c(-c3nc(CC(=O)O)cs3)cnn2C(C)(C)C)cc1. The van der Waals surface area contributed by atoms with Crippen molar-refractivity contribution >= 4 is 17.3 Å². The van der Waals surface area contributed by atoms with Gasteiger partial charge in [-0.1, -0.05) is 0 Å². The lowest BCUT2D eigenvalue weighted by Gasteiger charge is -2.23. The second-order valence-electron chi connectivity index (χ2n) is 6.93. The molecule has 2 aromatic heterocycles. The van der Waals surface area contributed by atoms with E-state index in [9.17, 15) is 4.79 Å². The van der Waals surface area contributed by atoms with Crippen LogP contribution in [0.25, 0.3) is 21.8 Å². The zero-order valence-electron chi connectivity index (χ0n) is 15.2. The van der Waals surface area contributed by atoms with Crippen molar-refractivity contribution in [2.24, 2.45) is 0 Å². The molecule has 2 heterocycles. The number of aliphatic carboxylic acids is 1. The molecule has 26 heavy (non-hydrogen) atoms. The third kappa shape index (κ3) is 3.62. The standard InChI is InChI=1S/C19H21N3O3S/c1-19(2,3)22-17(12-5-7-14(25-4)8-6-12)15(10-20-22)18-21-13(11-26-18)9-16(23)24/h5-8,10-11H,9H2,1-4H3,(H,23,24). The Morgan fingerprint density at radius 3 is 2.54 bits per heavy atom. The Labute approximate surface area is 156 Å². The maximum absolute atomic E-state index is 10.9. The van der Waals surface area contributed by atoms with E-state index >= 15 is 0 Å². The van der Waals surface area contributed by atoms with Crippen LogP contribution >= 0.6 is 11.3 Å². The van der Waals surface area contributed by atoms with Gasteiger partial charge in [-0.15, -0.1) is 11.3 Å². The van der Waals surface area contributed by atoms with Crippen molar-refractivity contribution < 1.29 is 14.6 Å². The molecule has 3 aromatic rings. The summed E-state index contributed by atoms with van der Waals surface area (Å²) in [5, 5.41) is 16.1. The maximum atomic E-state index is 10.9. The van der Waals surface area contributed by atoms with Gasteiger partial charge in [-0.25, -0.2) is 4.98 Å². The number of hydrogen-bond donors (Lipinski definition) is 1. The minimum Gasteiger partial charge on any atom is -0.497 e. The number of ether oxygens (including phenoxy) is 1. The van der Waals surface area contributed by atoms with Gasteiger partial charge >= 0.3 is 5.97 Å². The third-order valence-corrected chi connectivity index (χ3v) is 4.81. The summed E-state index contributed by atoms with van der Waals surface area (Å²) in [6.45, 7) is 6.28. The Bertz CT molecular complexity index is 920. The first kappa shape index (κ1) is 18.1. The number of aromatic nitrogens is 3. The minimum absolute atomic E-state index is 0.0816. The molecule has 3 rings (SSSR count). The number of rotatable bonds is 5. The number of carbonyl (C=O) groups is 1. The number of carboxylic acids is 1. The minimum atomic E-state index is -0.886. The molecular weight excluding hydrogens is 350 g/mol. The molecule has 1 N–H and O–H groups in total. The lowest BCUT2D eigenvalue weighted by Crippen LogP contribution is -2.24. The highest BCUT2D eigenvalue weighted by Gasteiger charge is 2.24. The van der Waals surface area contributed by atoms with Crippen molar-refractivity contribution in [1.29, 1.82) is 0 Å². The zero-order valence-corrected chi connectivity index (χ0v) is 16.0. The van der Waals surface area contributed by atoms with Crippen molar-refractivity contribution in [1.82, 2.24) is 14.8 Å². The van der Waals surface area contributed by atoms with E-state index in [-0.39, 0.29) is 12.0 Å². The summed E-state index contributed by atoms with van der Waals surface area (Å²) in [5.41, 5.74) is 3.20. The topological polar surface area (TPSA) is 77.2 Å². The van der Waals surface area contributed by atoms with Gasteiger partial charge in [0.25, 0.3) is 0 Å². The van der Waals surface area contributed by atoms with Gasteiger partial charge in [0.1, 0.15) is 10.8 Å². The van der Waals surface area contributed by atoms with Gasteiger partial charge in [0.05, 0.1) is 42.2 Å². The van der Waals surface area contributed by atoms with Gasteiger partial charge in [0.15, 0.2) is 0 Å². The zero-order chi connectivity index (χ0) is 18.9. The number of benzene rings is 1. The van der Waals surface area contributed by atoms with Crippen LogP contribution in [-0.2, 0) is 16.8 Å². The van der Waals surface area contributed by atoms with Crippen LogP contribution in [0.3, 0.4) is 0 Å². The van der Waals surface area contributed by atoms with Crippen LogP contribution in [0.5, 0.6) is 5.75 Å². The van der Waals surface area contributed by atoms with Gasteiger partial charge in [-0.05, 0) is 45.0 Å². The number of methoxy groups -OCH3 is 1. The molecule has 136 valence electrons. The summed E-state index contributed by atoms with van der Waals surface area (Å²) >= 11 is 1.43. The Hall–Kier alpha value is -2.67. The van der Waals surface area contributed by atoms with Crippen molar-refractivity contribution in [3.63, 3.8) is 0 Å². The Kier molecular flexibility index (Phi) is 4.82. The summed E-state index contributed by atoms with van der Waals surface area (Å²) in [4.78, 5) is 15.4. The average molecular weight is 371 g/mol. The Morgan fingerprint density at radius 1 is 1.27 bits per heavy atom. The number of nitrogens with zero attached hydrogens (tertiary/aromatic N) is 3. The highest BCUT2D eigenvalue weighted by Crippen LogP contribution is 2.37. The molecular formula is C19H21N3O3S. The number of carboxylic acid groups (broad SMARTS) is 1. The van der Waals surface area contributed by atoms with Crippen molar-refractivity contribution in [2.45, 2.75) is 32.7 Å². The van der Waals surface area contributed by atoms with Crippen LogP contribution < -0.4 is 4.74 Å². The molecule has 0 atom stereocenters. The molecule has 0 saturated heterocycles. The molecule has 0 aliphatic carbocycles. The highest BCUT2D eigenvalue weighted by molar-refractivity contribution is 7.13. The number of hydrogen-bond acceptors (Lipinski definition) is 5. The summed E-state index contributed by atoms with van der Waals surface area (Å²) < 4.78 is 7.23. The fourth-order valence-electron chi connectivity index (χ4n) is 2.71. The summed E-state index contributed by atoms with van der Waals surface area (Å²) in [7, 11) is 1.64. The van der Waals surface area contributed by atoms with Crippen molar-refractivity contribution in [3.05, 3.63) is 41.5 Å². The molecule has 1 aromatic carbocycles. The average Bonchev–Trinajstić information content (AvgIpc) is 3.20.